The predicted octanol–water partition coefficient (Wildman–Crippen LogP) is 5.37. The van der Waals surface area contributed by atoms with E-state index in [2.05, 4.69) is 37.1 Å². The minimum absolute atomic E-state index is 0.0345. The number of carbonyl (C=O) groups is 1. The molecule has 0 unspecified atom stereocenters. The summed E-state index contributed by atoms with van der Waals surface area (Å²) in [5.41, 5.74) is 1.77. The summed E-state index contributed by atoms with van der Waals surface area (Å²) in [4.78, 5) is 29.4. The fraction of sp³-hybridized carbons (Fsp3) is 0.241. The highest BCUT2D eigenvalue weighted by molar-refractivity contribution is 5.89. The van der Waals surface area contributed by atoms with Crippen molar-refractivity contribution in [2.75, 3.05) is 29.9 Å². The maximum absolute atomic E-state index is 15.6. The van der Waals surface area contributed by atoms with Crippen LogP contribution in [0.15, 0.2) is 61.4 Å². The number of alkyl halides is 2. The first kappa shape index (κ1) is 27.9. The lowest BCUT2D eigenvalue weighted by molar-refractivity contribution is -0.128. The molecule has 220 valence electrons. The van der Waals surface area contributed by atoms with Crippen LogP contribution in [0.25, 0.3) is 22.1 Å². The largest absolute Gasteiger partial charge is 0.457 e. The molecular formula is C29H26F3N9O2. The van der Waals surface area contributed by atoms with Gasteiger partial charge in [-0.25, -0.2) is 19.3 Å². The molecule has 0 aliphatic carbocycles. The number of nitrogens with zero attached hydrogens (tertiary/aromatic N) is 8. The van der Waals surface area contributed by atoms with Crippen LogP contribution in [0.4, 0.5) is 30.5 Å². The third-order valence-electron chi connectivity index (χ3n) is 7.32. The van der Waals surface area contributed by atoms with Crippen LogP contribution in [0.2, 0.25) is 0 Å². The van der Waals surface area contributed by atoms with Crippen molar-refractivity contribution in [1.82, 2.24) is 34.8 Å². The van der Waals surface area contributed by atoms with Crippen molar-refractivity contribution in [1.29, 1.82) is 0 Å². The normalized spacial score (nSPS) is 15.3. The topological polar surface area (TPSA) is 114 Å². The fourth-order valence-electron chi connectivity index (χ4n) is 5.07. The quantitative estimate of drug-likeness (QED) is 0.250. The highest BCUT2D eigenvalue weighted by atomic mass is 19.3. The van der Waals surface area contributed by atoms with Gasteiger partial charge in [0.2, 0.25) is 5.91 Å². The minimum atomic E-state index is -2.82. The van der Waals surface area contributed by atoms with Gasteiger partial charge < -0.3 is 19.9 Å². The van der Waals surface area contributed by atoms with Crippen LogP contribution in [0, 0.1) is 12.7 Å². The average molecular weight is 590 g/mol. The number of nitrogens with one attached hydrogen (secondary N) is 1. The number of ether oxygens (including phenoxy) is 1. The lowest BCUT2D eigenvalue weighted by Crippen LogP contribution is -2.53. The van der Waals surface area contributed by atoms with Crippen molar-refractivity contribution in [3.8, 4) is 11.5 Å². The second kappa shape index (κ2) is 11.2. The Morgan fingerprint density at radius 3 is 2.74 bits per heavy atom. The molecule has 2 aromatic carbocycles. The Bertz CT molecular complexity index is 1860. The first-order valence-corrected chi connectivity index (χ1v) is 13.4. The molecule has 1 aliphatic rings. The molecule has 1 atom stereocenters. The Morgan fingerprint density at radius 2 is 1.98 bits per heavy atom. The van der Waals surface area contributed by atoms with Gasteiger partial charge in [-0.2, -0.15) is 13.5 Å². The molecule has 3 aromatic heterocycles. The van der Waals surface area contributed by atoms with E-state index in [0.717, 1.165) is 0 Å². The van der Waals surface area contributed by atoms with Gasteiger partial charge in [-0.3, -0.25) is 4.79 Å². The molecule has 4 heterocycles. The summed E-state index contributed by atoms with van der Waals surface area (Å²) in [5, 5.41) is 10.2. The molecule has 5 aromatic rings. The van der Waals surface area contributed by atoms with Gasteiger partial charge in [0.25, 0.3) is 0 Å². The van der Waals surface area contributed by atoms with Gasteiger partial charge >= 0.3 is 6.55 Å². The van der Waals surface area contributed by atoms with E-state index in [1.165, 1.54) is 36.7 Å². The summed E-state index contributed by atoms with van der Waals surface area (Å²) >= 11 is 0. The Balaban J connectivity index is 1.24. The van der Waals surface area contributed by atoms with Crippen LogP contribution in [-0.4, -0.2) is 66.4 Å². The Morgan fingerprint density at radius 1 is 1.14 bits per heavy atom. The molecule has 11 nitrogen and oxygen atoms in total. The maximum Gasteiger partial charge on any atom is 0.335 e. The van der Waals surface area contributed by atoms with E-state index >= 15 is 4.39 Å². The van der Waals surface area contributed by atoms with E-state index in [4.69, 9.17) is 9.72 Å². The number of hydrogen-bond donors (Lipinski definition) is 1. The summed E-state index contributed by atoms with van der Waals surface area (Å²) < 4.78 is 48.1. The van der Waals surface area contributed by atoms with E-state index in [-0.39, 0.29) is 40.0 Å². The molecule has 0 radical (unpaired) electrons. The molecular weight excluding hydrogens is 563 g/mol. The summed E-state index contributed by atoms with van der Waals surface area (Å²) in [6.07, 6.45) is 2.69. The summed E-state index contributed by atoms with van der Waals surface area (Å²) in [6.45, 7) is 6.00. The monoisotopic (exact) mass is 589 g/mol. The van der Waals surface area contributed by atoms with Gasteiger partial charge in [0.05, 0.1) is 16.7 Å². The van der Waals surface area contributed by atoms with E-state index in [1.807, 2.05) is 19.1 Å². The number of aromatic nitrogens is 6. The van der Waals surface area contributed by atoms with Crippen molar-refractivity contribution in [2.24, 2.45) is 0 Å². The molecule has 1 N–H and O–H groups in total. The summed E-state index contributed by atoms with van der Waals surface area (Å²) in [7, 11) is 0. The average Bonchev–Trinajstić information content (AvgIpc) is 3.44. The van der Waals surface area contributed by atoms with Gasteiger partial charge in [-0.15, -0.1) is 5.10 Å². The van der Waals surface area contributed by atoms with Crippen molar-refractivity contribution in [3.63, 3.8) is 0 Å². The van der Waals surface area contributed by atoms with E-state index in [0.29, 0.717) is 52.7 Å². The SMILES string of the molecule is C=CC(=O)N1CCN(c2ccc3ncnc(Nc4ccc(Oc5ccc6c(c5)nnn6C(F)F)c(C)c4F)c3n2)C[C@H]1C. The standard InChI is InChI=1S/C29H26F3N9O2/c1-4-25(42)40-12-11-39(14-16(40)2)24-10-7-20-27(36-24)28(34-15-33-20)35-19-6-9-23(17(3)26(19)30)43-18-5-8-22-21(13-18)37-38-41(22)29(31)32/h4-10,13,15-16,29H,1,11-12,14H2,2-3H3,(H,33,34,35)/t16-/m1/s1. The zero-order chi connectivity index (χ0) is 30.2. The lowest BCUT2D eigenvalue weighted by atomic mass is 10.1. The lowest BCUT2D eigenvalue weighted by Gasteiger charge is -2.40. The Kier molecular flexibility index (Phi) is 7.26. The van der Waals surface area contributed by atoms with E-state index < -0.39 is 12.4 Å². The number of anilines is 3. The Labute approximate surface area is 243 Å². The summed E-state index contributed by atoms with van der Waals surface area (Å²) in [5.74, 6) is 0.863. The number of hydrogen-bond acceptors (Lipinski definition) is 9. The maximum atomic E-state index is 15.6. The Hall–Kier alpha value is -5.27. The number of fused-ring (bicyclic) bond motifs is 2. The fourth-order valence-corrected chi connectivity index (χ4v) is 5.07. The highest BCUT2D eigenvalue weighted by Gasteiger charge is 2.27. The van der Waals surface area contributed by atoms with Crippen LogP contribution in [0.5, 0.6) is 11.5 Å². The molecule has 43 heavy (non-hydrogen) atoms. The van der Waals surface area contributed by atoms with Crippen molar-refractivity contribution in [2.45, 2.75) is 26.4 Å². The van der Waals surface area contributed by atoms with Crippen molar-refractivity contribution >= 4 is 45.3 Å². The summed E-state index contributed by atoms with van der Waals surface area (Å²) in [6, 6.07) is 11.1. The minimum Gasteiger partial charge on any atom is -0.457 e. The third-order valence-corrected chi connectivity index (χ3v) is 7.32. The molecule has 1 fully saturated rings. The molecule has 14 heteroatoms. The molecule has 6 rings (SSSR count). The van der Waals surface area contributed by atoms with Crippen molar-refractivity contribution in [3.05, 3.63) is 72.8 Å². The molecule has 0 saturated carbocycles. The van der Waals surface area contributed by atoms with E-state index in [1.54, 1.807) is 17.9 Å². The number of carbonyl (C=O) groups excluding carboxylic acids is 1. The zero-order valence-electron chi connectivity index (χ0n) is 23.2. The van der Waals surface area contributed by atoms with E-state index in [9.17, 15) is 13.6 Å². The number of benzene rings is 2. The smallest absolute Gasteiger partial charge is 0.335 e. The number of pyridine rings is 1. The van der Waals surface area contributed by atoms with Gasteiger partial charge in [-0.1, -0.05) is 11.8 Å². The molecule has 1 amide bonds. The van der Waals surface area contributed by atoms with Crippen LogP contribution in [-0.2, 0) is 4.79 Å². The molecule has 0 bridgehead atoms. The van der Waals surface area contributed by atoms with Crippen LogP contribution < -0.4 is 15.0 Å². The van der Waals surface area contributed by atoms with Gasteiger partial charge in [0.1, 0.15) is 34.7 Å². The second-order valence-corrected chi connectivity index (χ2v) is 10.0. The number of amides is 1. The number of rotatable bonds is 7. The predicted molar refractivity (Wildman–Crippen MR) is 154 cm³/mol. The molecule has 1 saturated heterocycles. The van der Waals surface area contributed by atoms with Crippen LogP contribution >= 0.6 is 0 Å². The highest BCUT2D eigenvalue weighted by Crippen LogP contribution is 2.34. The molecule has 0 spiro atoms. The van der Waals surface area contributed by atoms with Gasteiger partial charge in [0, 0.05) is 37.3 Å². The third kappa shape index (κ3) is 5.27. The van der Waals surface area contributed by atoms with Crippen LogP contribution in [0.1, 0.15) is 19.0 Å². The number of halogens is 3. The van der Waals surface area contributed by atoms with Gasteiger partial charge in [0.15, 0.2) is 11.6 Å². The number of piperazine rings is 1. The van der Waals surface area contributed by atoms with Crippen molar-refractivity contribution < 1.29 is 22.7 Å². The van der Waals surface area contributed by atoms with Crippen LogP contribution in [0.3, 0.4) is 0 Å². The first-order valence-electron chi connectivity index (χ1n) is 13.4. The molecule has 1 aliphatic heterocycles. The van der Waals surface area contributed by atoms with Gasteiger partial charge in [-0.05, 0) is 56.3 Å². The second-order valence-electron chi connectivity index (χ2n) is 10.0. The zero-order valence-corrected chi connectivity index (χ0v) is 23.2. The first-order chi connectivity index (χ1) is 20.7.